The first-order valence-corrected chi connectivity index (χ1v) is 7.36. The SMILES string of the molecule is O=C(C1CCOCC1)N1CCC(CBr)CC1. The first-order valence-electron chi connectivity index (χ1n) is 6.23. The number of hydrogen-bond acceptors (Lipinski definition) is 2. The van der Waals surface area contributed by atoms with Crippen LogP contribution in [-0.4, -0.2) is 42.4 Å². The van der Waals surface area contributed by atoms with Gasteiger partial charge in [0.05, 0.1) is 0 Å². The fraction of sp³-hybridized carbons (Fsp3) is 0.917. The van der Waals surface area contributed by atoms with Gasteiger partial charge in [-0.05, 0) is 31.6 Å². The molecule has 0 spiro atoms. The van der Waals surface area contributed by atoms with Crippen LogP contribution < -0.4 is 0 Å². The number of alkyl halides is 1. The highest BCUT2D eigenvalue weighted by Crippen LogP contribution is 2.23. The van der Waals surface area contributed by atoms with Crippen molar-refractivity contribution < 1.29 is 9.53 Å². The predicted octanol–water partition coefficient (Wildman–Crippen LogP) is 2.05. The second-order valence-electron chi connectivity index (χ2n) is 4.81. The van der Waals surface area contributed by atoms with Crippen LogP contribution in [0.4, 0.5) is 0 Å². The number of halogens is 1. The highest BCUT2D eigenvalue weighted by atomic mass is 79.9. The molecule has 2 aliphatic heterocycles. The lowest BCUT2D eigenvalue weighted by Crippen LogP contribution is -2.43. The highest BCUT2D eigenvalue weighted by molar-refractivity contribution is 9.09. The molecule has 2 aliphatic rings. The molecule has 2 heterocycles. The molecule has 3 nitrogen and oxygen atoms in total. The van der Waals surface area contributed by atoms with E-state index in [1.54, 1.807) is 0 Å². The molecule has 16 heavy (non-hydrogen) atoms. The summed E-state index contributed by atoms with van der Waals surface area (Å²) < 4.78 is 5.29. The molecule has 4 heteroatoms. The van der Waals surface area contributed by atoms with Gasteiger partial charge in [-0.3, -0.25) is 4.79 Å². The van der Waals surface area contributed by atoms with Gasteiger partial charge in [-0.1, -0.05) is 15.9 Å². The molecule has 0 N–H and O–H groups in total. The molecule has 0 unspecified atom stereocenters. The van der Waals surface area contributed by atoms with Crippen molar-refractivity contribution in [3.8, 4) is 0 Å². The number of rotatable bonds is 2. The van der Waals surface area contributed by atoms with E-state index >= 15 is 0 Å². The van der Waals surface area contributed by atoms with E-state index in [-0.39, 0.29) is 5.92 Å². The molecule has 2 saturated heterocycles. The van der Waals surface area contributed by atoms with E-state index in [9.17, 15) is 4.79 Å². The van der Waals surface area contributed by atoms with Crippen LogP contribution >= 0.6 is 15.9 Å². The van der Waals surface area contributed by atoms with Crippen molar-refractivity contribution >= 4 is 21.8 Å². The summed E-state index contributed by atoms with van der Waals surface area (Å²) in [5, 5.41) is 1.08. The molecule has 0 saturated carbocycles. The Morgan fingerprint density at radius 3 is 2.38 bits per heavy atom. The smallest absolute Gasteiger partial charge is 0.225 e. The highest BCUT2D eigenvalue weighted by Gasteiger charge is 2.28. The van der Waals surface area contributed by atoms with Gasteiger partial charge in [-0.25, -0.2) is 0 Å². The number of amides is 1. The van der Waals surface area contributed by atoms with Crippen molar-refractivity contribution in [1.29, 1.82) is 0 Å². The van der Waals surface area contributed by atoms with Crippen molar-refractivity contribution in [3.05, 3.63) is 0 Å². The standard InChI is InChI=1S/C12H20BrNO2/c13-9-10-1-5-14(6-2-10)12(15)11-3-7-16-8-4-11/h10-11H,1-9H2. The lowest BCUT2D eigenvalue weighted by Gasteiger charge is -2.34. The maximum Gasteiger partial charge on any atom is 0.225 e. The lowest BCUT2D eigenvalue weighted by atomic mass is 9.94. The second kappa shape index (κ2) is 6.01. The predicted molar refractivity (Wildman–Crippen MR) is 66.6 cm³/mol. The third kappa shape index (κ3) is 2.98. The molecule has 0 atom stereocenters. The van der Waals surface area contributed by atoms with Gasteiger partial charge in [0, 0.05) is 37.6 Å². The molecule has 0 aromatic heterocycles. The Hall–Kier alpha value is -0.0900. The molecule has 2 rings (SSSR count). The lowest BCUT2D eigenvalue weighted by molar-refractivity contribution is -0.139. The van der Waals surface area contributed by atoms with Crippen molar-refractivity contribution in [1.82, 2.24) is 4.90 Å². The van der Waals surface area contributed by atoms with Crippen LogP contribution in [0.3, 0.4) is 0 Å². The number of piperidine rings is 1. The van der Waals surface area contributed by atoms with Crippen LogP contribution in [0.5, 0.6) is 0 Å². The van der Waals surface area contributed by atoms with Gasteiger partial charge in [0.1, 0.15) is 0 Å². The summed E-state index contributed by atoms with van der Waals surface area (Å²) in [4.78, 5) is 14.3. The minimum atomic E-state index is 0.231. The molecular formula is C12H20BrNO2. The molecule has 0 aliphatic carbocycles. The molecule has 1 amide bonds. The average Bonchev–Trinajstić information content (AvgIpc) is 2.39. The van der Waals surface area contributed by atoms with E-state index in [2.05, 4.69) is 20.8 Å². The van der Waals surface area contributed by atoms with Crippen LogP contribution in [0, 0.1) is 11.8 Å². The number of likely N-dealkylation sites (tertiary alicyclic amines) is 1. The Bertz CT molecular complexity index is 233. The Morgan fingerprint density at radius 2 is 1.81 bits per heavy atom. The molecule has 92 valence electrons. The van der Waals surface area contributed by atoms with Crippen molar-refractivity contribution in [2.45, 2.75) is 25.7 Å². The van der Waals surface area contributed by atoms with Crippen molar-refractivity contribution in [2.24, 2.45) is 11.8 Å². The normalized spacial score (nSPS) is 24.7. The van der Waals surface area contributed by atoms with Crippen LogP contribution in [-0.2, 0) is 9.53 Å². The van der Waals surface area contributed by atoms with Crippen molar-refractivity contribution in [3.63, 3.8) is 0 Å². The zero-order valence-electron chi connectivity index (χ0n) is 9.66. The van der Waals surface area contributed by atoms with E-state index in [4.69, 9.17) is 4.74 Å². The monoisotopic (exact) mass is 289 g/mol. The minimum Gasteiger partial charge on any atom is -0.381 e. The van der Waals surface area contributed by atoms with Gasteiger partial charge in [-0.2, -0.15) is 0 Å². The fourth-order valence-electron chi connectivity index (χ4n) is 2.51. The van der Waals surface area contributed by atoms with E-state index < -0.39 is 0 Å². The van der Waals surface area contributed by atoms with E-state index in [0.29, 0.717) is 5.91 Å². The summed E-state index contributed by atoms with van der Waals surface area (Å²) in [7, 11) is 0. The van der Waals surface area contributed by atoms with Crippen LogP contribution in [0.1, 0.15) is 25.7 Å². The number of carbonyl (C=O) groups is 1. The third-order valence-electron chi connectivity index (χ3n) is 3.71. The summed E-state index contributed by atoms with van der Waals surface area (Å²) in [5.74, 6) is 1.37. The third-order valence-corrected chi connectivity index (χ3v) is 4.63. The molecule has 0 aromatic carbocycles. The molecule has 0 aromatic rings. The van der Waals surface area contributed by atoms with Gasteiger partial charge >= 0.3 is 0 Å². The summed E-state index contributed by atoms with van der Waals surface area (Å²) in [5.41, 5.74) is 0. The van der Waals surface area contributed by atoms with Crippen LogP contribution in [0.25, 0.3) is 0 Å². The fourth-order valence-corrected chi connectivity index (χ4v) is 3.16. The molecular weight excluding hydrogens is 270 g/mol. The first kappa shape index (κ1) is 12.4. The Kier molecular flexibility index (Phi) is 4.65. The number of ether oxygens (including phenoxy) is 1. The Balaban J connectivity index is 1.81. The minimum absolute atomic E-state index is 0.231. The zero-order valence-corrected chi connectivity index (χ0v) is 11.2. The largest absolute Gasteiger partial charge is 0.381 e. The van der Waals surface area contributed by atoms with Crippen LogP contribution in [0.2, 0.25) is 0 Å². The van der Waals surface area contributed by atoms with E-state index in [1.807, 2.05) is 0 Å². The first-order chi connectivity index (χ1) is 7.81. The number of hydrogen-bond donors (Lipinski definition) is 0. The number of nitrogens with zero attached hydrogens (tertiary/aromatic N) is 1. The van der Waals surface area contributed by atoms with Gasteiger partial charge in [0.15, 0.2) is 0 Å². The summed E-state index contributed by atoms with van der Waals surface area (Å²) in [6, 6.07) is 0. The maximum absolute atomic E-state index is 12.2. The van der Waals surface area contributed by atoms with Crippen LogP contribution in [0.15, 0.2) is 0 Å². The van der Waals surface area contributed by atoms with Gasteiger partial charge < -0.3 is 9.64 Å². The molecule has 2 fully saturated rings. The number of carbonyl (C=O) groups excluding carboxylic acids is 1. The van der Waals surface area contributed by atoms with E-state index in [1.165, 1.54) is 0 Å². The topological polar surface area (TPSA) is 29.5 Å². The Labute approximate surface area is 106 Å². The van der Waals surface area contributed by atoms with E-state index in [0.717, 1.165) is 63.2 Å². The quantitative estimate of drug-likeness (QED) is 0.728. The average molecular weight is 290 g/mol. The van der Waals surface area contributed by atoms with Gasteiger partial charge in [0.2, 0.25) is 5.91 Å². The van der Waals surface area contributed by atoms with Gasteiger partial charge in [-0.15, -0.1) is 0 Å². The Morgan fingerprint density at radius 1 is 1.19 bits per heavy atom. The second-order valence-corrected chi connectivity index (χ2v) is 5.46. The maximum atomic E-state index is 12.2. The summed E-state index contributed by atoms with van der Waals surface area (Å²) >= 11 is 3.52. The van der Waals surface area contributed by atoms with Crippen molar-refractivity contribution in [2.75, 3.05) is 31.6 Å². The summed E-state index contributed by atoms with van der Waals surface area (Å²) in [6.07, 6.45) is 4.13. The zero-order chi connectivity index (χ0) is 11.4. The molecule has 0 radical (unpaired) electrons. The summed E-state index contributed by atoms with van der Waals surface area (Å²) in [6.45, 7) is 3.42. The molecule has 0 bridgehead atoms. The van der Waals surface area contributed by atoms with Gasteiger partial charge in [0.25, 0.3) is 0 Å².